The highest BCUT2D eigenvalue weighted by molar-refractivity contribution is 7.98. The van der Waals surface area contributed by atoms with Gasteiger partial charge in [-0.15, -0.1) is 11.8 Å². The molecule has 3 rings (SSSR count). The minimum Gasteiger partial charge on any atom is -0.444 e. The van der Waals surface area contributed by atoms with Gasteiger partial charge in [0.25, 0.3) is 10.1 Å². The highest BCUT2D eigenvalue weighted by Gasteiger charge is 2.34. The number of hydrogen-bond acceptors (Lipinski definition) is 6. The lowest BCUT2D eigenvalue weighted by Gasteiger charge is -2.30. The average molecular weight is 484 g/mol. The summed E-state index contributed by atoms with van der Waals surface area (Å²) in [7, 11) is -3.72. The Bertz CT molecular complexity index is 1070. The third-order valence-electron chi connectivity index (χ3n) is 4.68. The van der Waals surface area contributed by atoms with Crippen LogP contribution < -0.4 is 5.32 Å². The number of rotatable bonds is 5. The fourth-order valence-corrected chi connectivity index (χ4v) is 5.40. The van der Waals surface area contributed by atoms with Crippen LogP contribution in [0.3, 0.4) is 0 Å². The number of halogens is 1. The Kier molecular flexibility index (Phi) is 7.25. The van der Waals surface area contributed by atoms with Crippen molar-refractivity contribution in [2.45, 2.75) is 49.0 Å². The molecular weight excluding hydrogens is 458 g/mol. The number of fused-ring (bicyclic) bond motifs is 2. The molecule has 1 heterocycles. The molecule has 31 heavy (non-hydrogen) atoms. The zero-order chi connectivity index (χ0) is 22.8. The van der Waals surface area contributed by atoms with Gasteiger partial charge in [-0.1, -0.05) is 41.9 Å². The number of hydrogen-bond donors (Lipinski definition) is 1. The number of ether oxygens (including phenoxy) is 1. The maximum atomic E-state index is 12.6. The third-order valence-corrected chi connectivity index (χ3v) is 6.72. The molecule has 0 bridgehead atoms. The van der Waals surface area contributed by atoms with Crippen LogP contribution in [0, 0.1) is 0 Å². The lowest BCUT2D eigenvalue weighted by molar-refractivity contribution is 0.0482. The number of amides is 1. The molecule has 2 unspecified atom stereocenters. The second kappa shape index (κ2) is 9.40. The van der Waals surface area contributed by atoms with Crippen molar-refractivity contribution >= 4 is 39.6 Å². The van der Waals surface area contributed by atoms with Crippen LogP contribution in [0.5, 0.6) is 0 Å². The molecule has 0 saturated carbocycles. The van der Waals surface area contributed by atoms with Crippen LogP contribution in [-0.2, 0) is 24.8 Å². The molecular formula is C22H26ClNO5S2. The van der Waals surface area contributed by atoms with Crippen molar-refractivity contribution in [1.82, 2.24) is 5.32 Å². The first-order valence-corrected chi connectivity index (χ1v) is 13.0. The van der Waals surface area contributed by atoms with E-state index in [1.165, 1.54) is 0 Å². The Labute approximate surface area is 192 Å². The van der Waals surface area contributed by atoms with Crippen molar-refractivity contribution in [3.63, 3.8) is 0 Å². The summed E-state index contributed by atoms with van der Waals surface area (Å²) in [6.45, 7) is 5.05. The van der Waals surface area contributed by atoms with Gasteiger partial charge in [0.1, 0.15) is 5.60 Å². The molecule has 1 N–H and O–H groups in total. The summed E-state index contributed by atoms with van der Waals surface area (Å²) in [4.78, 5) is 13.7. The molecule has 168 valence electrons. The SMILES string of the molecule is CC(C)(C)OC(=O)NC(COS(C)(=O)=O)C1c2ccccc2SCc2c(Cl)cccc21. The quantitative estimate of drug-likeness (QED) is 0.606. The number of nitrogens with one attached hydrogen (secondary N) is 1. The van der Waals surface area contributed by atoms with Crippen molar-refractivity contribution in [1.29, 1.82) is 0 Å². The van der Waals surface area contributed by atoms with Crippen LogP contribution in [0.4, 0.5) is 4.79 Å². The zero-order valence-corrected chi connectivity index (χ0v) is 20.2. The highest BCUT2D eigenvalue weighted by atomic mass is 35.5. The maximum Gasteiger partial charge on any atom is 0.407 e. The van der Waals surface area contributed by atoms with Gasteiger partial charge in [-0.2, -0.15) is 8.42 Å². The average Bonchev–Trinajstić information content (AvgIpc) is 2.81. The Hall–Kier alpha value is -1.74. The van der Waals surface area contributed by atoms with E-state index in [0.717, 1.165) is 27.8 Å². The summed E-state index contributed by atoms with van der Waals surface area (Å²) in [5.74, 6) is 0.281. The second-order valence-electron chi connectivity index (χ2n) is 8.35. The largest absolute Gasteiger partial charge is 0.444 e. The molecule has 0 aliphatic carbocycles. The van der Waals surface area contributed by atoms with E-state index >= 15 is 0 Å². The predicted molar refractivity (Wildman–Crippen MR) is 123 cm³/mol. The van der Waals surface area contributed by atoms with Crippen LogP contribution >= 0.6 is 23.4 Å². The van der Waals surface area contributed by atoms with Crippen LogP contribution in [0.1, 0.15) is 43.4 Å². The molecule has 0 aromatic heterocycles. The van der Waals surface area contributed by atoms with Gasteiger partial charge in [-0.05, 0) is 49.6 Å². The van der Waals surface area contributed by atoms with Gasteiger partial charge in [-0.25, -0.2) is 4.79 Å². The highest BCUT2D eigenvalue weighted by Crippen LogP contribution is 2.44. The van der Waals surface area contributed by atoms with Crippen LogP contribution in [0.25, 0.3) is 0 Å². The van der Waals surface area contributed by atoms with Crippen molar-refractivity contribution in [3.05, 3.63) is 64.2 Å². The van der Waals surface area contributed by atoms with E-state index in [2.05, 4.69) is 5.32 Å². The molecule has 1 aliphatic rings. The van der Waals surface area contributed by atoms with Crippen LogP contribution in [-0.4, -0.2) is 39.0 Å². The van der Waals surface area contributed by atoms with E-state index in [1.54, 1.807) is 32.5 Å². The molecule has 0 radical (unpaired) electrons. The van der Waals surface area contributed by atoms with E-state index in [1.807, 2.05) is 42.5 Å². The Morgan fingerprint density at radius 3 is 2.55 bits per heavy atom. The standard InChI is InChI=1S/C22H26ClNO5S2/c1-22(2,3)29-21(25)24-18(12-28-31(4,26)27)20-14-9-7-10-17(23)16(14)13-30-19-11-6-5-8-15(19)20/h5-11,18,20H,12-13H2,1-4H3,(H,24,25). The fraction of sp³-hybridized carbons (Fsp3) is 0.409. The zero-order valence-electron chi connectivity index (χ0n) is 17.8. The third kappa shape index (κ3) is 6.38. The van der Waals surface area contributed by atoms with Crippen molar-refractivity contribution in [2.75, 3.05) is 12.9 Å². The van der Waals surface area contributed by atoms with Crippen molar-refractivity contribution in [3.8, 4) is 0 Å². The Morgan fingerprint density at radius 1 is 1.19 bits per heavy atom. The summed E-state index contributed by atoms with van der Waals surface area (Å²) < 4.78 is 34.1. The number of carbonyl (C=O) groups is 1. The van der Waals surface area contributed by atoms with E-state index in [9.17, 15) is 13.2 Å². The van der Waals surface area contributed by atoms with Gasteiger partial charge < -0.3 is 10.1 Å². The summed E-state index contributed by atoms with van der Waals surface area (Å²) in [5, 5.41) is 3.47. The molecule has 0 fully saturated rings. The molecule has 1 amide bonds. The summed E-state index contributed by atoms with van der Waals surface area (Å²) in [6, 6.07) is 12.8. The molecule has 2 aromatic rings. The van der Waals surface area contributed by atoms with Crippen LogP contribution in [0.2, 0.25) is 5.02 Å². The van der Waals surface area contributed by atoms with Gasteiger partial charge in [0.2, 0.25) is 0 Å². The van der Waals surface area contributed by atoms with E-state index in [-0.39, 0.29) is 12.5 Å². The Morgan fingerprint density at radius 2 is 1.87 bits per heavy atom. The topological polar surface area (TPSA) is 81.7 Å². The van der Waals surface area contributed by atoms with Crippen molar-refractivity contribution < 1.29 is 22.1 Å². The first-order chi connectivity index (χ1) is 14.4. The smallest absolute Gasteiger partial charge is 0.407 e. The van der Waals surface area contributed by atoms with Gasteiger partial charge >= 0.3 is 6.09 Å². The molecule has 9 heteroatoms. The first kappa shape index (κ1) is 23.9. The lowest BCUT2D eigenvalue weighted by atomic mass is 9.83. The van der Waals surface area contributed by atoms with Gasteiger partial charge in [0.15, 0.2) is 0 Å². The van der Waals surface area contributed by atoms with Gasteiger partial charge in [0.05, 0.1) is 18.9 Å². The van der Waals surface area contributed by atoms with Gasteiger partial charge in [0, 0.05) is 21.6 Å². The Balaban J connectivity index is 2.09. The maximum absolute atomic E-state index is 12.6. The summed E-state index contributed by atoms with van der Waals surface area (Å²) >= 11 is 8.17. The number of benzene rings is 2. The van der Waals surface area contributed by atoms with E-state index in [0.29, 0.717) is 10.8 Å². The molecule has 0 spiro atoms. The number of alkyl carbamates (subject to hydrolysis) is 1. The minimum atomic E-state index is -3.72. The normalized spacial score (nSPS) is 17.1. The summed E-state index contributed by atoms with van der Waals surface area (Å²) in [6.07, 6.45) is 0.340. The first-order valence-electron chi connectivity index (χ1n) is 9.77. The van der Waals surface area contributed by atoms with E-state index < -0.39 is 27.9 Å². The molecule has 0 saturated heterocycles. The molecule has 2 aromatic carbocycles. The second-order valence-corrected chi connectivity index (χ2v) is 11.4. The minimum absolute atomic E-state index is 0.242. The van der Waals surface area contributed by atoms with E-state index in [4.69, 9.17) is 20.5 Å². The lowest BCUT2D eigenvalue weighted by Crippen LogP contribution is -2.45. The monoisotopic (exact) mass is 483 g/mol. The molecule has 2 atom stereocenters. The van der Waals surface area contributed by atoms with Crippen LogP contribution in [0.15, 0.2) is 47.4 Å². The van der Waals surface area contributed by atoms with Crippen molar-refractivity contribution in [2.24, 2.45) is 0 Å². The summed E-state index contributed by atoms with van der Waals surface area (Å²) in [5.41, 5.74) is 2.13. The van der Waals surface area contributed by atoms with Gasteiger partial charge in [-0.3, -0.25) is 4.18 Å². The molecule has 6 nitrogen and oxygen atoms in total. The predicted octanol–water partition coefficient (Wildman–Crippen LogP) is 4.95. The number of thioether (sulfide) groups is 1. The fourth-order valence-electron chi connectivity index (χ4n) is 3.52. The molecule has 1 aliphatic heterocycles. The number of carbonyl (C=O) groups excluding carboxylic acids is 1.